The third-order valence-corrected chi connectivity index (χ3v) is 6.53. The van der Waals surface area contributed by atoms with Crippen LogP contribution in [0, 0.1) is 0 Å². The van der Waals surface area contributed by atoms with Crippen LogP contribution in [0.3, 0.4) is 0 Å². The quantitative estimate of drug-likeness (QED) is 0.860. The summed E-state index contributed by atoms with van der Waals surface area (Å²) >= 11 is 1.15. The SMILES string of the molecule is CC(NS(=O)(=O)c1cccs1)c1nc(C2(N)CCC2)no1. The molecule has 1 aliphatic carbocycles. The Labute approximate surface area is 126 Å². The molecule has 114 valence electrons. The highest BCUT2D eigenvalue weighted by Crippen LogP contribution is 2.37. The summed E-state index contributed by atoms with van der Waals surface area (Å²) < 4.78 is 32.2. The number of rotatable bonds is 5. The third-order valence-electron chi connectivity index (χ3n) is 3.60. The molecule has 1 atom stereocenters. The molecule has 1 aliphatic rings. The average molecular weight is 328 g/mol. The van der Waals surface area contributed by atoms with Crippen LogP contribution in [0.25, 0.3) is 0 Å². The fraction of sp³-hybridized carbons (Fsp3) is 0.500. The maximum atomic E-state index is 12.1. The first-order valence-electron chi connectivity index (χ1n) is 6.59. The predicted molar refractivity (Wildman–Crippen MR) is 77.1 cm³/mol. The van der Waals surface area contributed by atoms with E-state index >= 15 is 0 Å². The van der Waals surface area contributed by atoms with Crippen molar-refractivity contribution in [2.75, 3.05) is 0 Å². The van der Waals surface area contributed by atoms with E-state index in [-0.39, 0.29) is 10.1 Å². The molecular formula is C12H16N4O3S2. The number of nitrogens with zero attached hydrogens (tertiary/aromatic N) is 2. The molecule has 0 bridgehead atoms. The number of hydrogen-bond acceptors (Lipinski definition) is 7. The van der Waals surface area contributed by atoms with Crippen molar-refractivity contribution in [1.82, 2.24) is 14.9 Å². The smallest absolute Gasteiger partial charge is 0.250 e. The van der Waals surface area contributed by atoms with Crippen molar-refractivity contribution in [2.24, 2.45) is 5.73 Å². The molecule has 7 nitrogen and oxygen atoms in total. The fourth-order valence-electron chi connectivity index (χ4n) is 2.15. The lowest BCUT2D eigenvalue weighted by Gasteiger charge is -2.34. The molecule has 0 amide bonds. The van der Waals surface area contributed by atoms with Crippen molar-refractivity contribution >= 4 is 21.4 Å². The zero-order valence-electron chi connectivity index (χ0n) is 11.4. The highest BCUT2D eigenvalue weighted by atomic mass is 32.2. The molecular weight excluding hydrogens is 312 g/mol. The second-order valence-electron chi connectivity index (χ2n) is 5.24. The van der Waals surface area contributed by atoms with Crippen LogP contribution in [0.15, 0.2) is 26.2 Å². The topological polar surface area (TPSA) is 111 Å². The number of nitrogens with two attached hydrogens (primary N) is 1. The maximum absolute atomic E-state index is 12.1. The minimum Gasteiger partial charge on any atom is -0.338 e. The molecule has 21 heavy (non-hydrogen) atoms. The molecule has 2 heterocycles. The van der Waals surface area contributed by atoms with E-state index in [1.54, 1.807) is 24.4 Å². The minimum absolute atomic E-state index is 0.224. The van der Waals surface area contributed by atoms with E-state index in [4.69, 9.17) is 10.3 Å². The van der Waals surface area contributed by atoms with Gasteiger partial charge in [0.1, 0.15) is 4.21 Å². The van der Waals surface area contributed by atoms with E-state index < -0.39 is 21.6 Å². The zero-order valence-corrected chi connectivity index (χ0v) is 13.1. The summed E-state index contributed by atoms with van der Waals surface area (Å²) in [5.41, 5.74) is 5.60. The van der Waals surface area contributed by atoms with Gasteiger partial charge in [0.25, 0.3) is 10.0 Å². The van der Waals surface area contributed by atoms with Crippen molar-refractivity contribution in [2.45, 2.75) is 42.0 Å². The van der Waals surface area contributed by atoms with Gasteiger partial charge in [-0.25, -0.2) is 8.42 Å². The predicted octanol–water partition coefficient (Wildman–Crippen LogP) is 1.51. The van der Waals surface area contributed by atoms with Gasteiger partial charge in [0.15, 0.2) is 5.82 Å². The molecule has 9 heteroatoms. The van der Waals surface area contributed by atoms with Crippen molar-refractivity contribution in [3.63, 3.8) is 0 Å². The molecule has 0 radical (unpaired) electrons. The first-order valence-corrected chi connectivity index (χ1v) is 8.96. The summed E-state index contributed by atoms with van der Waals surface area (Å²) in [6, 6.07) is 2.62. The van der Waals surface area contributed by atoms with Crippen molar-refractivity contribution in [3.8, 4) is 0 Å². The van der Waals surface area contributed by atoms with Gasteiger partial charge in [-0.3, -0.25) is 0 Å². The summed E-state index contributed by atoms with van der Waals surface area (Å²) in [5, 5.41) is 5.59. The van der Waals surface area contributed by atoms with Crippen LogP contribution in [0.2, 0.25) is 0 Å². The van der Waals surface area contributed by atoms with Gasteiger partial charge in [0, 0.05) is 0 Å². The summed E-state index contributed by atoms with van der Waals surface area (Å²) in [7, 11) is -3.57. The first kappa shape index (κ1) is 14.6. The maximum Gasteiger partial charge on any atom is 0.250 e. The molecule has 3 N–H and O–H groups in total. The molecule has 1 saturated carbocycles. The third kappa shape index (κ3) is 2.73. The van der Waals surface area contributed by atoms with E-state index in [2.05, 4.69) is 14.9 Å². The summed E-state index contributed by atoms with van der Waals surface area (Å²) in [4.78, 5) is 4.24. The Hall–Kier alpha value is -1.29. The molecule has 0 aliphatic heterocycles. The Morgan fingerprint density at radius 1 is 1.52 bits per heavy atom. The van der Waals surface area contributed by atoms with Gasteiger partial charge in [-0.15, -0.1) is 11.3 Å². The van der Waals surface area contributed by atoms with Gasteiger partial charge in [-0.05, 0) is 37.6 Å². The zero-order chi connectivity index (χ0) is 15.1. The lowest BCUT2D eigenvalue weighted by atomic mass is 9.77. The highest BCUT2D eigenvalue weighted by Gasteiger charge is 2.39. The summed E-state index contributed by atoms with van der Waals surface area (Å²) in [5.74, 6) is 0.674. The first-order chi connectivity index (χ1) is 9.91. The van der Waals surface area contributed by atoms with Crippen LogP contribution in [0.5, 0.6) is 0 Å². The standard InChI is InChI=1S/C12H16N4O3S2/c1-8(16-21(17,18)9-4-2-7-20-9)10-14-11(15-19-10)12(13)5-3-6-12/h2,4,7-8,16H,3,5-6,13H2,1H3. The minimum atomic E-state index is -3.57. The number of sulfonamides is 1. The Morgan fingerprint density at radius 2 is 2.29 bits per heavy atom. The van der Waals surface area contributed by atoms with E-state index in [9.17, 15) is 8.42 Å². The van der Waals surface area contributed by atoms with Gasteiger partial charge >= 0.3 is 0 Å². The number of hydrogen-bond donors (Lipinski definition) is 2. The van der Waals surface area contributed by atoms with Gasteiger partial charge < -0.3 is 10.3 Å². The van der Waals surface area contributed by atoms with E-state index in [1.807, 2.05) is 0 Å². The van der Waals surface area contributed by atoms with Gasteiger partial charge in [-0.1, -0.05) is 11.2 Å². The summed E-state index contributed by atoms with van der Waals surface area (Å²) in [6.07, 6.45) is 2.68. The average Bonchev–Trinajstić information content (AvgIpc) is 3.06. The Morgan fingerprint density at radius 3 is 2.86 bits per heavy atom. The Balaban J connectivity index is 1.75. The lowest BCUT2D eigenvalue weighted by Crippen LogP contribution is -2.44. The molecule has 0 spiro atoms. The van der Waals surface area contributed by atoms with Crippen molar-refractivity contribution in [1.29, 1.82) is 0 Å². The lowest BCUT2D eigenvalue weighted by molar-refractivity contribution is 0.228. The molecule has 0 aromatic carbocycles. The normalized spacial score (nSPS) is 19.1. The number of thiophene rings is 1. The van der Waals surface area contributed by atoms with Crippen molar-refractivity contribution in [3.05, 3.63) is 29.2 Å². The van der Waals surface area contributed by atoms with E-state index in [0.29, 0.717) is 5.82 Å². The van der Waals surface area contributed by atoms with Gasteiger partial charge in [0.2, 0.25) is 5.89 Å². The molecule has 0 saturated heterocycles. The number of nitrogens with one attached hydrogen (secondary N) is 1. The second-order valence-corrected chi connectivity index (χ2v) is 8.13. The summed E-state index contributed by atoms with van der Waals surface area (Å²) in [6.45, 7) is 1.66. The van der Waals surface area contributed by atoms with Crippen LogP contribution in [-0.2, 0) is 15.6 Å². The molecule has 1 fully saturated rings. The van der Waals surface area contributed by atoms with Gasteiger partial charge in [0.05, 0.1) is 11.6 Å². The number of aromatic nitrogens is 2. The van der Waals surface area contributed by atoms with Crippen molar-refractivity contribution < 1.29 is 12.9 Å². The van der Waals surface area contributed by atoms with E-state index in [0.717, 1.165) is 30.6 Å². The van der Waals surface area contributed by atoms with E-state index in [1.165, 1.54) is 0 Å². The molecule has 1 unspecified atom stereocenters. The molecule has 3 rings (SSSR count). The van der Waals surface area contributed by atoms with Crippen LogP contribution in [0.1, 0.15) is 43.9 Å². The van der Waals surface area contributed by atoms with Crippen LogP contribution in [0.4, 0.5) is 0 Å². The highest BCUT2D eigenvalue weighted by molar-refractivity contribution is 7.91. The molecule has 2 aromatic heterocycles. The Bertz CT molecular complexity index is 720. The monoisotopic (exact) mass is 328 g/mol. The largest absolute Gasteiger partial charge is 0.338 e. The second kappa shape index (κ2) is 5.16. The van der Waals surface area contributed by atoms with Crippen LogP contribution >= 0.6 is 11.3 Å². The fourth-order valence-corrected chi connectivity index (χ4v) is 4.36. The van der Waals surface area contributed by atoms with Crippen LogP contribution in [-0.4, -0.2) is 18.6 Å². The molecule has 2 aromatic rings. The van der Waals surface area contributed by atoms with Crippen LogP contribution < -0.4 is 10.5 Å². The Kier molecular flexibility index (Phi) is 3.60. The van der Waals surface area contributed by atoms with Gasteiger partial charge in [-0.2, -0.15) is 9.71 Å².